The standard InChI is InChI=1S/C17H19NOS/c1-20-14-17(19)18(12-15-8-4-2-5-9-15)13-16-10-6-3-7-11-16/h2-11H,12-14H2,1H3. The van der Waals surface area contributed by atoms with Crippen LogP contribution in [0.15, 0.2) is 60.7 Å². The number of carbonyl (C=O) groups excluding carboxylic acids is 1. The molecule has 0 N–H and O–H groups in total. The maximum atomic E-state index is 12.3. The molecule has 0 atom stereocenters. The fourth-order valence-electron chi connectivity index (χ4n) is 2.05. The highest BCUT2D eigenvalue weighted by Gasteiger charge is 2.13. The largest absolute Gasteiger partial charge is 0.333 e. The fourth-order valence-corrected chi connectivity index (χ4v) is 2.48. The Hall–Kier alpha value is -1.74. The summed E-state index contributed by atoms with van der Waals surface area (Å²) in [5.41, 5.74) is 2.33. The number of rotatable bonds is 6. The molecule has 0 unspecified atom stereocenters. The van der Waals surface area contributed by atoms with Crippen LogP contribution in [0.4, 0.5) is 0 Å². The van der Waals surface area contributed by atoms with E-state index in [1.807, 2.05) is 47.6 Å². The second-order valence-electron chi connectivity index (χ2n) is 4.65. The van der Waals surface area contributed by atoms with Gasteiger partial charge in [-0.3, -0.25) is 4.79 Å². The maximum Gasteiger partial charge on any atom is 0.233 e. The van der Waals surface area contributed by atoms with E-state index >= 15 is 0 Å². The lowest BCUT2D eigenvalue weighted by Gasteiger charge is -2.23. The number of thioether (sulfide) groups is 1. The first kappa shape index (κ1) is 14.7. The van der Waals surface area contributed by atoms with E-state index < -0.39 is 0 Å². The zero-order chi connectivity index (χ0) is 14.2. The van der Waals surface area contributed by atoms with Crippen LogP contribution in [0.1, 0.15) is 11.1 Å². The number of nitrogens with zero attached hydrogens (tertiary/aromatic N) is 1. The van der Waals surface area contributed by atoms with E-state index in [1.165, 1.54) is 0 Å². The van der Waals surface area contributed by atoms with Crippen LogP contribution >= 0.6 is 11.8 Å². The van der Waals surface area contributed by atoms with Crippen LogP contribution in [0, 0.1) is 0 Å². The molecule has 0 saturated carbocycles. The summed E-state index contributed by atoms with van der Waals surface area (Å²) in [4.78, 5) is 14.2. The van der Waals surface area contributed by atoms with E-state index in [-0.39, 0.29) is 5.91 Å². The molecule has 0 aromatic heterocycles. The molecule has 0 saturated heterocycles. The van der Waals surface area contributed by atoms with Crippen LogP contribution in [0.2, 0.25) is 0 Å². The predicted octanol–water partition coefficient (Wildman–Crippen LogP) is 3.58. The molecule has 0 aliphatic heterocycles. The lowest BCUT2D eigenvalue weighted by molar-refractivity contribution is -0.129. The smallest absolute Gasteiger partial charge is 0.233 e. The van der Waals surface area contributed by atoms with Crippen LogP contribution in [-0.2, 0) is 17.9 Å². The highest BCUT2D eigenvalue weighted by Crippen LogP contribution is 2.11. The van der Waals surface area contributed by atoms with E-state index in [0.717, 1.165) is 11.1 Å². The Bertz CT molecular complexity index is 486. The van der Waals surface area contributed by atoms with Crippen LogP contribution in [0.25, 0.3) is 0 Å². The van der Waals surface area contributed by atoms with Gasteiger partial charge in [0.2, 0.25) is 5.91 Å². The van der Waals surface area contributed by atoms with Crippen LogP contribution in [0.3, 0.4) is 0 Å². The summed E-state index contributed by atoms with van der Waals surface area (Å²) in [6.45, 7) is 1.32. The van der Waals surface area contributed by atoms with Crippen molar-refractivity contribution >= 4 is 17.7 Å². The van der Waals surface area contributed by atoms with E-state index in [9.17, 15) is 4.79 Å². The molecule has 20 heavy (non-hydrogen) atoms. The molecule has 0 fully saturated rings. The highest BCUT2D eigenvalue weighted by atomic mass is 32.2. The molecule has 1 amide bonds. The molecular formula is C17H19NOS. The van der Waals surface area contributed by atoms with E-state index in [1.54, 1.807) is 11.8 Å². The van der Waals surface area contributed by atoms with Crippen LogP contribution in [0.5, 0.6) is 0 Å². The molecular weight excluding hydrogens is 266 g/mol. The number of amides is 1. The third-order valence-electron chi connectivity index (χ3n) is 3.05. The molecule has 2 aromatic rings. The van der Waals surface area contributed by atoms with E-state index in [2.05, 4.69) is 24.3 Å². The van der Waals surface area contributed by atoms with Gasteiger partial charge in [-0.05, 0) is 17.4 Å². The Labute approximate surface area is 124 Å². The van der Waals surface area contributed by atoms with E-state index in [0.29, 0.717) is 18.8 Å². The van der Waals surface area contributed by atoms with Crippen molar-refractivity contribution in [3.05, 3.63) is 71.8 Å². The molecule has 104 valence electrons. The summed E-state index contributed by atoms with van der Waals surface area (Å²) in [6, 6.07) is 20.3. The summed E-state index contributed by atoms with van der Waals surface area (Å²) in [5, 5.41) is 0. The molecule has 2 rings (SSSR count). The van der Waals surface area contributed by atoms with Gasteiger partial charge in [0.25, 0.3) is 0 Å². The van der Waals surface area contributed by atoms with Gasteiger partial charge in [-0.25, -0.2) is 0 Å². The number of hydrogen-bond acceptors (Lipinski definition) is 2. The molecule has 0 heterocycles. The Kier molecular flexibility index (Phi) is 5.69. The number of carbonyl (C=O) groups is 1. The summed E-state index contributed by atoms with van der Waals surface area (Å²) in [6.07, 6.45) is 1.96. The van der Waals surface area contributed by atoms with Crippen molar-refractivity contribution in [1.29, 1.82) is 0 Å². The number of hydrogen-bond donors (Lipinski definition) is 0. The van der Waals surface area contributed by atoms with Gasteiger partial charge in [0.1, 0.15) is 0 Å². The van der Waals surface area contributed by atoms with Gasteiger partial charge in [-0.1, -0.05) is 60.7 Å². The Morgan fingerprint density at radius 2 is 1.35 bits per heavy atom. The van der Waals surface area contributed by atoms with Crippen molar-refractivity contribution in [2.75, 3.05) is 12.0 Å². The molecule has 0 spiro atoms. The van der Waals surface area contributed by atoms with Crippen molar-refractivity contribution < 1.29 is 4.79 Å². The highest BCUT2D eigenvalue weighted by molar-refractivity contribution is 7.99. The molecule has 0 bridgehead atoms. The normalized spacial score (nSPS) is 10.2. The SMILES string of the molecule is CSCC(=O)N(Cc1ccccc1)Cc1ccccc1. The summed E-state index contributed by atoms with van der Waals surface area (Å²) in [5.74, 6) is 0.713. The second-order valence-corrected chi connectivity index (χ2v) is 5.52. The quantitative estimate of drug-likeness (QED) is 0.808. The zero-order valence-electron chi connectivity index (χ0n) is 11.7. The van der Waals surface area contributed by atoms with Crippen molar-refractivity contribution in [1.82, 2.24) is 4.90 Å². The average molecular weight is 285 g/mol. The fraction of sp³-hybridized carbons (Fsp3) is 0.235. The zero-order valence-corrected chi connectivity index (χ0v) is 12.5. The molecule has 0 aliphatic carbocycles. The van der Waals surface area contributed by atoms with Gasteiger partial charge in [0, 0.05) is 13.1 Å². The first-order valence-corrected chi connectivity index (χ1v) is 8.03. The topological polar surface area (TPSA) is 20.3 Å². The van der Waals surface area contributed by atoms with Gasteiger partial charge in [-0.15, -0.1) is 0 Å². The van der Waals surface area contributed by atoms with Crippen LogP contribution in [-0.4, -0.2) is 22.8 Å². The van der Waals surface area contributed by atoms with E-state index in [4.69, 9.17) is 0 Å². The van der Waals surface area contributed by atoms with Crippen molar-refractivity contribution in [2.45, 2.75) is 13.1 Å². The third-order valence-corrected chi connectivity index (χ3v) is 3.59. The van der Waals surface area contributed by atoms with Crippen molar-refractivity contribution in [3.63, 3.8) is 0 Å². The molecule has 0 radical (unpaired) electrons. The van der Waals surface area contributed by atoms with Crippen LogP contribution < -0.4 is 0 Å². The molecule has 2 nitrogen and oxygen atoms in total. The lowest BCUT2D eigenvalue weighted by Crippen LogP contribution is -2.31. The predicted molar refractivity (Wildman–Crippen MR) is 85.5 cm³/mol. The summed E-state index contributed by atoms with van der Waals surface area (Å²) < 4.78 is 0. The first-order valence-electron chi connectivity index (χ1n) is 6.64. The average Bonchev–Trinajstić information content (AvgIpc) is 2.49. The number of benzene rings is 2. The second kappa shape index (κ2) is 7.75. The Morgan fingerprint density at radius 3 is 1.75 bits per heavy atom. The minimum atomic E-state index is 0.185. The van der Waals surface area contributed by atoms with Crippen molar-refractivity contribution in [2.24, 2.45) is 0 Å². The molecule has 3 heteroatoms. The monoisotopic (exact) mass is 285 g/mol. The van der Waals surface area contributed by atoms with Gasteiger partial charge in [0.15, 0.2) is 0 Å². The Balaban J connectivity index is 2.10. The van der Waals surface area contributed by atoms with Gasteiger partial charge in [0.05, 0.1) is 5.75 Å². The van der Waals surface area contributed by atoms with Gasteiger partial charge < -0.3 is 4.90 Å². The summed E-state index contributed by atoms with van der Waals surface area (Å²) in [7, 11) is 0. The van der Waals surface area contributed by atoms with Gasteiger partial charge in [-0.2, -0.15) is 11.8 Å². The maximum absolute atomic E-state index is 12.3. The molecule has 0 aliphatic rings. The third kappa shape index (κ3) is 4.42. The lowest BCUT2D eigenvalue weighted by atomic mass is 10.1. The first-order chi connectivity index (χ1) is 9.79. The van der Waals surface area contributed by atoms with Crippen molar-refractivity contribution in [3.8, 4) is 0 Å². The minimum absolute atomic E-state index is 0.185. The minimum Gasteiger partial charge on any atom is -0.333 e. The Morgan fingerprint density at radius 1 is 0.900 bits per heavy atom. The molecule has 2 aromatic carbocycles. The summed E-state index contributed by atoms with van der Waals surface area (Å²) >= 11 is 1.57. The van der Waals surface area contributed by atoms with Gasteiger partial charge >= 0.3 is 0 Å².